The molecule has 0 radical (unpaired) electrons. The van der Waals surface area contributed by atoms with Crippen LogP contribution in [0.25, 0.3) is 0 Å². The Kier molecular flexibility index (Phi) is 5.16. The summed E-state index contributed by atoms with van der Waals surface area (Å²) in [6.45, 7) is 0. The summed E-state index contributed by atoms with van der Waals surface area (Å²) >= 11 is 1.70. The van der Waals surface area contributed by atoms with Crippen molar-refractivity contribution in [3.05, 3.63) is 82.2 Å². The molecule has 0 spiro atoms. The van der Waals surface area contributed by atoms with Gasteiger partial charge in [-0.2, -0.15) is 0 Å². The molecule has 2 aliphatic rings. The van der Waals surface area contributed by atoms with Crippen LogP contribution in [-0.2, 0) is 4.79 Å². The number of carbonyl (C=O) groups excluding carboxylic acids is 1. The van der Waals surface area contributed by atoms with Gasteiger partial charge < -0.3 is 20.1 Å². The van der Waals surface area contributed by atoms with E-state index in [4.69, 9.17) is 9.47 Å². The number of carbonyl (C=O) groups is 1. The largest absolute Gasteiger partial charge is 0.493 e. The maximum absolute atomic E-state index is 13.5. The molecule has 3 atom stereocenters. The molecule has 0 amide bonds. The van der Waals surface area contributed by atoms with Crippen LogP contribution in [0.4, 0.5) is 11.4 Å². The number of thiophene rings is 1. The zero-order valence-corrected chi connectivity index (χ0v) is 18.2. The molecule has 3 aromatic rings. The van der Waals surface area contributed by atoms with Crippen LogP contribution in [0.3, 0.4) is 0 Å². The van der Waals surface area contributed by atoms with E-state index in [0.717, 1.165) is 22.6 Å². The molecule has 31 heavy (non-hydrogen) atoms. The highest BCUT2D eigenvalue weighted by molar-refractivity contribution is 7.10. The Morgan fingerprint density at radius 2 is 1.77 bits per heavy atom. The van der Waals surface area contributed by atoms with Crippen molar-refractivity contribution in [3.63, 3.8) is 0 Å². The number of allylic oxidation sites excluding steroid dienone is 1. The Morgan fingerprint density at radius 1 is 0.968 bits per heavy atom. The minimum absolute atomic E-state index is 0.0996. The predicted molar refractivity (Wildman–Crippen MR) is 124 cm³/mol. The van der Waals surface area contributed by atoms with Crippen LogP contribution < -0.4 is 20.1 Å². The number of methoxy groups -OCH3 is 2. The molecule has 1 aromatic heterocycles. The lowest BCUT2D eigenvalue weighted by molar-refractivity contribution is -0.122. The average Bonchev–Trinajstić information content (AvgIpc) is 3.27. The van der Waals surface area contributed by atoms with Crippen LogP contribution in [0.15, 0.2) is 71.8 Å². The Morgan fingerprint density at radius 3 is 2.52 bits per heavy atom. The number of para-hydroxylation sites is 2. The smallest absolute Gasteiger partial charge is 0.161 e. The number of Topliss-reactive ketones (excluding diaryl/α,β-unsaturated/α-hetero) is 1. The van der Waals surface area contributed by atoms with E-state index in [9.17, 15) is 4.79 Å². The lowest BCUT2D eigenvalue weighted by Crippen LogP contribution is -2.33. The van der Waals surface area contributed by atoms with E-state index >= 15 is 0 Å². The molecular formula is C25H24N2O3S. The van der Waals surface area contributed by atoms with Gasteiger partial charge in [0.15, 0.2) is 11.5 Å². The van der Waals surface area contributed by atoms with Crippen LogP contribution in [-0.4, -0.2) is 20.0 Å². The van der Waals surface area contributed by atoms with Crippen LogP contribution in [0.2, 0.25) is 0 Å². The van der Waals surface area contributed by atoms with Gasteiger partial charge in [0, 0.05) is 22.9 Å². The highest BCUT2D eigenvalue weighted by Gasteiger charge is 2.40. The number of hydrogen-bond acceptors (Lipinski definition) is 6. The molecule has 1 aliphatic carbocycles. The molecule has 0 fully saturated rings. The fraction of sp³-hybridized carbons (Fsp3) is 0.240. The first-order chi connectivity index (χ1) is 15.2. The zero-order chi connectivity index (χ0) is 21.4. The number of fused-ring (bicyclic) bond motifs is 2. The number of nitrogens with one attached hydrogen (secondary N) is 2. The fourth-order valence-electron chi connectivity index (χ4n) is 4.51. The van der Waals surface area contributed by atoms with Crippen molar-refractivity contribution in [2.24, 2.45) is 5.92 Å². The minimum atomic E-state index is -0.318. The third-order valence-electron chi connectivity index (χ3n) is 6.01. The van der Waals surface area contributed by atoms with Gasteiger partial charge in [-0.15, -0.1) is 11.3 Å². The standard InChI is InChI=1S/C25H24N2O3S/c1-29-21-10-9-15(14-22(21)30-2)25-24-19(26-17-6-3-4-7-18(17)27-25)12-16(13-20(24)28)23-8-5-11-31-23/h3-12,14,16,24-27H,13H2,1-2H3. The Balaban J connectivity index is 1.63. The zero-order valence-electron chi connectivity index (χ0n) is 17.4. The molecule has 5 nitrogen and oxygen atoms in total. The molecule has 2 heterocycles. The van der Waals surface area contributed by atoms with Gasteiger partial charge in [0.1, 0.15) is 5.78 Å². The second kappa shape index (κ2) is 8.12. The second-order valence-corrected chi connectivity index (χ2v) is 8.78. The lowest BCUT2D eigenvalue weighted by atomic mass is 9.78. The van der Waals surface area contributed by atoms with Gasteiger partial charge >= 0.3 is 0 Å². The van der Waals surface area contributed by atoms with Crippen molar-refractivity contribution >= 4 is 28.5 Å². The summed E-state index contributed by atoms with van der Waals surface area (Å²) in [6, 6.07) is 17.9. The molecule has 3 unspecified atom stereocenters. The highest BCUT2D eigenvalue weighted by atomic mass is 32.1. The van der Waals surface area contributed by atoms with E-state index in [2.05, 4.69) is 28.2 Å². The normalized spacial score (nSPS) is 22.2. The van der Waals surface area contributed by atoms with Gasteiger partial charge in [-0.1, -0.05) is 30.3 Å². The lowest BCUT2D eigenvalue weighted by Gasteiger charge is -2.32. The topological polar surface area (TPSA) is 59.6 Å². The number of ketones is 1. The van der Waals surface area contributed by atoms with Crippen LogP contribution >= 0.6 is 11.3 Å². The maximum Gasteiger partial charge on any atom is 0.161 e. The maximum atomic E-state index is 13.5. The van der Waals surface area contributed by atoms with Gasteiger partial charge in [0.2, 0.25) is 0 Å². The van der Waals surface area contributed by atoms with E-state index in [1.807, 2.05) is 48.5 Å². The first-order valence-electron chi connectivity index (χ1n) is 10.3. The van der Waals surface area contributed by atoms with Crippen molar-refractivity contribution < 1.29 is 14.3 Å². The molecule has 158 valence electrons. The highest BCUT2D eigenvalue weighted by Crippen LogP contribution is 2.45. The number of rotatable bonds is 4. The average molecular weight is 433 g/mol. The monoisotopic (exact) mass is 432 g/mol. The number of ether oxygens (including phenoxy) is 2. The molecule has 1 aliphatic heterocycles. The van der Waals surface area contributed by atoms with Crippen molar-refractivity contribution in [1.82, 2.24) is 0 Å². The molecule has 2 N–H and O–H groups in total. The first-order valence-corrected chi connectivity index (χ1v) is 11.2. The SMILES string of the molecule is COc1ccc(C2Nc3ccccc3NC3=CC(c4cccs4)CC(=O)C32)cc1OC. The van der Waals surface area contributed by atoms with E-state index in [-0.39, 0.29) is 23.7 Å². The van der Waals surface area contributed by atoms with E-state index < -0.39 is 0 Å². The third kappa shape index (κ3) is 3.57. The molecule has 6 heteroatoms. The molecule has 5 rings (SSSR count). The van der Waals surface area contributed by atoms with Gasteiger partial charge in [-0.25, -0.2) is 0 Å². The summed E-state index contributed by atoms with van der Waals surface area (Å²) in [7, 11) is 3.25. The number of anilines is 2. The fourth-order valence-corrected chi connectivity index (χ4v) is 5.31. The van der Waals surface area contributed by atoms with Crippen molar-refractivity contribution in [3.8, 4) is 11.5 Å². The van der Waals surface area contributed by atoms with Crippen LogP contribution in [0.1, 0.15) is 28.8 Å². The second-order valence-electron chi connectivity index (χ2n) is 7.80. The molecule has 0 saturated carbocycles. The number of hydrogen-bond donors (Lipinski definition) is 2. The predicted octanol–water partition coefficient (Wildman–Crippen LogP) is 5.60. The Labute approximate surface area is 185 Å². The quantitative estimate of drug-likeness (QED) is 0.562. The molecule has 2 aromatic carbocycles. The van der Waals surface area contributed by atoms with Crippen LogP contribution in [0.5, 0.6) is 11.5 Å². The van der Waals surface area contributed by atoms with Gasteiger partial charge in [-0.3, -0.25) is 4.79 Å². The first kappa shape index (κ1) is 19.7. The molecular weight excluding hydrogens is 408 g/mol. The van der Waals surface area contributed by atoms with E-state index in [1.54, 1.807) is 25.6 Å². The van der Waals surface area contributed by atoms with E-state index in [0.29, 0.717) is 17.9 Å². The Bertz CT molecular complexity index is 1140. The van der Waals surface area contributed by atoms with Gasteiger partial charge in [-0.05, 0) is 41.3 Å². The third-order valence-corrected chi connectivity index (χ3v) is 7.01. The summed E-state index contributed by atoms with van der Waals surface area (Å²) in [6.07, 6.45) is 2.73. The number of benzene rings is 2. The molecule has 0 saturated heterocycles. The summed E-state index contributed by atoms with van der Waals surface area (Å²) in [5.74, 6) is 1.33. The van der Waals surface area contributed by atoms with Crippen molar-refractivity contribution in [2.45, 2.75) is 18.4 Å². The summed E-state index contributed by atoms with van der Waals surface area (Å²) in [4.78, 5) is 14.7. The Hall–Kier alpha value is -3.25. The minimum Gasteiger partial charge on any atom is -0.493 e. The van der Waals surface area contributed by atoms with Crippen molar-refractivity contribution in [1.29, 1.82) is 0 Å². The van der Waals surface area contributed by atoms with Gasteiger partial charge in [0.25, 0.3) is 0 Å². The summed E-state index contributed by atoms with van der Waals surface area (Å²) < 4.78 is 10.9. The van der Waals surface area contributed by atoms with E-state index in [1.165, 1.54) is 4.88 Å². The van der Waals surface area contributed by atoms with Crippen molar-refractivity contribution in [2.75, 3.05) is 24.9 Å². The molecule has 0 bridgehead atoms. The summed E-state index contributed by atoms with van der Waals surface area (Å²) in [5, 5.41) is 9.25. The van der Waals surface area contributed by atoms with Crippen LogP contribution in [0, 0.1) is 5.92 Å². The summed E-state index contributed by atoms with van der Waals surface area (Å²) in [5.41, 5.74) is 3.88. The van der Waals surface area contributed by atoms with Gasteiger partial charge in [0.05, 0.1) is 37.6 Å².